The van der Waals surface area contributed by atoms with Crippen LogP contribution >= 0.6 is 15.9 Å². The number of aromatic nitrogens is 2. The number of nitrogens with zero attached hydrogens (tertiary/aromatic N) is 2. The summed E-state index contributed by atoms with van der Waals surface area (Å²) in [4.78, 5) is 8.36. The van der Waals surface area contributed by atoms with Crippen molar-refractivity contribution >= 4 is 15.9 Å². The van der Waals surface area contributed by atoms with Crippen LogP contribution in [0.2, 0.25) is 0 Å². The van der Waals surface area contributed by atoms with Crippen LogP contribution in [0.25, 0.3) is 11.3 Å². The second kappa shape index (κ2) is 3.45. The summed E-state index contributed by atoms with van der Waals surface area (Å²) in [5.74, 6) is 2.25. The zero-order valence-corrected chi connectivity index (χ0v) is 9.57. The Hall–Kier alpha value is -1.16. The molecule has 0 saturated heterocycles. The number of hydrogen-bond donors (Lipinski definition) is 0. The first-order chi connectivity index (χ1) is 7.33. The van der Waals surface area contributed by atoms with Crippen LogP contribution in [0.1, 0.15) is 24.7 Å². The molecule has 2 aromatic heterocycles. The summed E-state index contributed by atoms with van der Waals surface area (Å²) in [6.07, 6.45) is 5.95. The number of pyridine rings is 1. The van der Waals surface area contributed by atoms with Crippen LogP contribution in [0.4, 0.5) is 0 Å². The lowest BCUT2D eigenvalue weighted by atomic mass is 10.2. The molecule has 0 unspecified atom stereocenters. The highest BCUT2D eigenvalue weighted by Crippen LogP contribution is 2.40. The largest absolute Gasteiger partial charge is 0.440 e. The molecule has 3 rings (SSSR count). The predicted octanol–water partition coefficient (Wildman–Crippen LogP) is 3.38. The van der Waals surface area contributed by atoms with E-state index in [4.69, 9.17) is 4.42 Å². The van der Waals surface area contributed by atoms with Crippen molar-refractivity contribution < 1.29 is 4.42 Å². The molecular formula is C11H9BrN2O. The lowest BCUT2D eigenvalue weighted by Crippen LogP contribution is -1.77. The van der Waals surface area contributed by atoms with E-state index >= 15 is 0 Å². The maximum absolute atomic E-state index is 5.69. The van der Waals surface area contributed by atoms with Crippen molar-refractivity contribution in [1.82, 2.24) is 9.97 Å². The minimum atomic E-state index is 0.559. The Labute approximate surface area is 95.7 Å². The minimum Gasteiger partial charge on any atom is -0.440 e. The van der Waals surface area contributed by atoms with Gasteiger partial charge in [0.1, 0.15) is 4.60 Å². The fourth-order valence-corrected chi connectivity index (χ4v) is 1.86. The van der Waals surface area contributed by atoms with E-state index < -0.39 is 0 Å². The summed E-state index contributed by atoms with van der Waals surface area (Å²) in [5, 5.41) is 0. The molecule has 0 bridgehead atoms. The van der Waals surface area contributed by atoms with Crippen LogP contribution in [-0.2, 0) is 0 Å². The molecule has 15 heavy (non-hydrogen) atoms. The van der Waals surface area contributed by atoms with Gasteiger partial charge < -0.3 is 4.42 Å². The normalized spacial score (nSPS) is 15.5. The smallest absolute Gasteiger partial charge is 0.198 e. The molecule has 0 N–H and O–H groups in total. The molecule has 0 aromatic carbocycles. The van der Waals surface area contributed by atoms with Crippen LogP contribution in [0.15, 0.2) is 33.5 Å². The fraction of sp³-hybridized carbons (Fsp3) is 0.273. The zero-order valence-electron chi connectivity index (χ0n) is 7.98. The van der Waals surface area contributed by atoms with Crippen molar-refractivity contribution in [3.63, 3.8) is 0 Å². The van der Waals surface area contributed by atoms with Gasteiger partial charge in [-0.25, -0.2) is 9.97 Å². The second-order valence-corrected chi connectivity index (χ2v) is 4.52. The zero-order chi connectivity index (χ0) is 10.3. The highest BCUT2D eigenvalue weighted by Gasteiger charge is 2.28. The van der Waals surface area contributed by atoms with Gasteiger partial charge in [0.25, 0.3) is 0 Å². The first-order valence-corrected chi connectivity index (χ1v) is 5.70. The van der Waals surface area contributed by atoms with Gasteiger partial charge in [0.05, 0.1) is 6.20 Å². The molecular weight excluding hydrogens is 256 g/mol. The van der Waals surface area contributed by atoms with E-state index in [0.717, 1.165) is 21.8 Å². The Morgan fingerprint density at radius 3 is 2.93 bits per heavy atom. The van der Waals surface area contributed by atoms with Gasteiger partial charge in [-0.3, -0.25) is 0 Å². The van der Waals surface area contributed by atoms with Gasteiger partial charge in [-0.2, -0.15) is 0 Å². The van der Waals surface area contributed by atoms with E-state index in [1.165, 1.54) is 12.8 Å². The predicted molar refractivity (Wildman–Crippen MR) is 59.4 cm³/mol. The topological polar surface area (TPSA) is 38.9 Å². The summed E-state index contributed by atoms with van der Waals surface area (Å²) in [6, 6.07) is 3.85. The first-order valence-electron chi connectivity index (χ1n) is 4.90. The highest BCUT2D eigenvalue weighted by molar-refractivity contribution is 9.10. The summed E-state index contributed by atoms with van der Waals surface area (Å²) >= 11 is 3.33. The molecule has 0 spiro atoms. The lowest BCUT2D eigenvalue weighted by Gasteiger charge is -1.95. The van der Waals surface area contributed by atoms with E-state index in [0.29, 0.717) is 5.92 Å². The molecule has 3 nitrogen and oxygen atoms in total. The summed E-state index contributed by atoms with van der Waals surface area (Å²) < 4.78 is 6.50. The highest BCUT2D eigenvalue weighted by atomic mass is 79.9. The summed E-state index contributed by atoms with van der Waals surface area (Å²) in [6.45, 7) is 0. The molecule has 1 saturated carbocycles. The van der Waals surface area contributed by atoms with E-state index in [-0.39, 0.29) is 0 Å². The molecule has 0 atom stereocenters. The molecule has 0 amide bonds. The molecule has 1 aliphatic rings. The third kappa shape index (κ3) is 1.81. The van der Waals surface area contributed by atoms with E-state index in [9.17, 15) is 0 Å². The van der Waals surface area contributed by atoms with E-state index in [1.54, 1.807) is 12.4 Å². The molecule has 0 aliphatic heterocycles. The van der Waals surface area contributed by atoms with Gasteiger partial charge in [-0.1, -0.05) is 0 Å². The second-order valence-electron chi connectivity index (χ2n) is 3.70. The quantitative estimate of drug-likeness (QED) is 0.781. The van der Waals surface area contributed by atoms with Gasteiger partial charge in [0.15, 0.2) is 11.7 Å². The first kappa shape index (κ1) is 9.09. The van der Waals surface area contributed by atoms with Crippen molar-refractivity contribution in [3.05, 3.63) is 35.0 Å². The Balaban J connectivity index is 1.97. The van der Waals surface area contributed by atoms with Crippen molar-refractivity contribution in [2.75, 3.05) is 0 Å². The SMILES string of the molecule is Brc1cc(-c2cnc(C3CC3)o2)ccn1. The Kier molecular flexibility index (Phi) is 2.09. The summed E-state index contributed by atoms with van der Waals surface area (Å²) in [5.41, 5.74) is 1.01. The van der Waals surface area contributed by atoms with Gasteiger partial charge in [-0.05, 0) is 40.9 Å². The molecule has 2 aromatic rings. The fourth-order valence-electron chi connectivity index (χ4n) is 1.50. The Morgan fingerprint density at radius 2 is 2.20 bits per heavy atom. The van der Waals surface area contributed by atoms with Gasteiger partial charge >= 0.3 is 0 Å². The van der Waals surface area contributed by atoms with Crippen LogP contribution in [0, 0.1) is 0 Å². The Morgan fingerprint density at radius 1 is 1.33 bits per heavy atom. The standard InChI is InChI=1S/C11H9BrN2O/c12-10-5-8(3-4-13-10)9-6-14-11(15-9)7-1-2-7/h3-7H,1-2H2. The third-order valence-electron chi connectivity index (χ3n) is 2.46. The summed E-state index contributed by atoms with van der Waals surface area (Å²) in [7, 11) is 0. The van der Waals surface area contributed by atoms with Crippen LogP contribution in [-0.4, -0.2) is 9.97 Å². The molecule has 2 heterocycles. The molecule has 76 valence electrons. The van der Waals surface area contributed by atoms with Gasteiger partial charge in [0.2, 0.25) is 0 Å². The van der Waals surface area contributed by atoms with Crippen LogP contribution < -0.4 is 0 Å². The minimum absolute atomic E-state index is 0.559. The van der Waals surface area contributed by atoms with Crippen molar-refractivity contribution in [3.8, 4) is 11.3 Å². The molecule has 1 aliphatic carbocycles. The maximum Gasteiger partial charge on any atom is 0.198 e. The van der Waals surface area contributed by atoms with E-state index in [1.807, 2.05) is 12.1 Å². The van der Waals surface area contributed by atoms with Gasteiger partial charge in [0, 0.05) is 17.7 Å². The third-order valence-corrected chi connectivity index (χ3v) is 2.89. The average Bonchev–Trinajstić information content (AvgIpc) is 2.97. The monoisotopic (exact) mass is 264 g/mol. The lowest BCUT2D eigenvalue weighted by molar-refractivity contribution is 0.509. The maximum atomic E-state index is 5.69. The van der Waals surface area contributed by atoms with Crippen LogP contribution in [0.5, 0.6) is 0 Å². The average molecular weight is 265 g/mol. The molecule has 1 fully saturated rings. The van der Waals surface area contributed by atoms with Crippen LogP contribution in [0.3, 0.4) is 0 Å². The van der Waals surface area contributed by atoms with Crippen molar-refractivity contribution in [1.29, 1.82) is 0 Å². The molecule has 4 heteroatoms. The van der Waals surface area contributed by atoms with E-state index in [2.05, 4.69) is 25.9 Å². The number of oxazole rings is 1. The number of halogens is 1. The van der Waals surface area contributed by atoms with Crippen molar-refractivity contribution in [2.24, 2.45) is 0 Å². The number of rotatable bonds is 2. The Bertz CT molecular complexity index is 491. The molecule has 0 radical (unpaired) electrons. The van der Waals surface area contributed by atoms with Crippen molar-refractivity contribution in [2.45, 2.75) is 18.8 Å². The number of hydrogen-bond acceptors (Lipinski definition) is 3. The van der Waals surface area contributed by atoms with Gasteiger partial charge in [-0.15, -0.1) is 0 Å².